The van der Waals surface area contributed by atoms with Crippen molar-refractivity contribution in [3.63, 3.8) is 0 Å². The first-order valence-electron chi connectivity index (χ1n) is 11.8. The molecule has 1 atom stereocenters. The molecular weight excluding hydrogens is 465 g/mol. The molecule has 1 heterocycles. The Morgan fingerprint density at radius 3 is 2.57 bits per heavy atom. The summed E-state index contributed by atoms with van der Waals surface area (Å²) < 4.78 is 42.3. The quantitative estimate of drug-likeness (QED) is 0.580. The topological polar surface area (TPSA) is 112 Å². The van der Waals surface area contributed by atoms with Crippen LogP contribution in [0.25, 0.3) is 0 Å². The van der Waals surface area contributed by atoms with Crippen LogP contribution in [0.3, 0.4) is 0 Å². The van der Waals surface area contributed by atoms with Gasteiger partial charge in [-0.25, -0.2) is 0 Å². The Labute approximate surface area is 200 Å². The molecule has 3 amide bonds. The predicted molar refractivity (Wildman–Crippen MR) is 116 cm³/mol. The van der Waals surface area contributed by atoms with E-state index in [0.717, 1.165) is 18.9 Å². The molecule has 3 fully saturated rings. The molecule has 2 aliphatic carbocycles. The summed E-state index contributed by atoms with van der Waals surface area (Å²) in [6.45, 7) is 0.452. The molecule has 0 aromatic heterocycles. The summed E-state index contributed by atoms with van der Waals surface area (Å²) in [6.07, 6.45) is -0.107. The highest BCUT2D eigenvalue weighted by molar-refractivity contribution is 5.94. The molecule has 1 aromatic carbocycles. The fourth-order valence-electron chi connectivity index (χ4n) is 4.41. The number of rotatable bonds is 8. The number of halogens is 3. The number of carbonyl (C=O) groups excluding carboxylic acids is 3. The van der Waals surface area contributed by atoms with Crippen LogP contribution in [-0.4, -0.2) is 47.6 Å². The standard InChI is InChI=1S/C24H27F3N4O4/c25-24(26,27)35-19-10-16(12-28)5-6-17(19)13-29-21(33)18-2-1-9-31(14-18)22(34)23(7-8-23)30-20(32)11-15-3-4-15/h5-6,10,15,18H,1-4,7-9,11,13-14H2,(H,29,33)(H,30,32). The molecule has 35 heavy (non-hydrogen) atoms. The Morgan fingerprint density at radius 2 is 1.94 bits per heavy atom. The van der Waals surface area contributed by atoms with Crippen LogP contribution in [0.15, 0.2) is 18.2 Å². The van der Waals surface area contributed by atoms with E-state index in [1.165, 1.54) is 12.1 Å². The van der Waals surface area contributed by atoms with Gasteiger partial charge in [0.1, 0.15) is 11.3 Å². The highest BCUT2D eigenvalue weighted by Crippen LogP contribution is 2.39. The second-order valence-electron chi connectivity index (χ2n) is 9.57. The number of hydrogen-bond donors (Lipinski definition) is 2. The van der Waals surface area contributed by atoms with E-state index in [2.05, 4.69) is 15.4 Å². The molecule has 1 aromatic rings. The summed E-state index contributed by atoms with van der Waals surface area (Å²) in [6, 6.07) is 5.38. The summed E-state index contributed by atoms with van der Waals surface area (Å²) in [4.78, 5) is 39.8. The van der Waals surface area contributed by atoms with Crippen molar-refractivity contribution in [2.75, 3.05) is 13.1 Å². The Bertz CT molecular complexity index is 1040. The molecule has 2 N–H and O–H groups in total. The van der Waals surface area contributed by atoms with Crippen LogP contribution in [-0.2, 0) is 20.9 Å². The van der Waals surface area contributed by atoms with Crippen molar-refractivity contribution < 1.29 is 32.3 Å². The molecule has 1 aliphatic heterocycles. The minimum atomic E-state index is -4.94. The van der Waals surface area contributed by atoms with Crippen molar-refractivity contribution in [2.45, 2.75) is 63.4 Å². The first kappa shape index (κ1) is 24.8. The van der Waals surface area contributed by atoms with Gasteiger partial charge in [-0.05, 0) is 56.6 Å². The number of piperidine rings is 1. The number of ether oxygens (including phenoxy) is 1. The van der Waals surface area contributed by atoms with Gasteiger partial charge < -0.3 is 20.3 Å². The number of nitrogens with zero attached hydrogens (tertiary/aromatic N) is 2. The maximum atomic E-state index is 13.1. The van der Waals surface area contributed by atoms with E-state index in [1.54, 1.807) is 11.0 Å². The molecule has 1 saturated heterocycles. The normalized spacial score (nSPS) is 21.0. The third-order valence-corrected chi connectivity index (χ3v) is 6.66. The molecule has 4 rings (SSSR count). The Hall–Kier alpha value is -3.29. The molecule has 11 heteroatoms. The van der Waals surface area contributed by atoms with Crippen LogP contribution in [0.5, 0.6) is 5.75 Å². The van der Waals surface area contributed by atoms with Crippen molar-refractivity contribution in [1.29, 1.82) is 5.26 Å². The van der Waals surface area contributed by atoms with Gasteiger partial charge in [0.25, 0.3) is 0 Å². The van der Waals surface area contributed by atoms with Crippen molar-refractivity contribution in [1.82, 2.24) is 15.5 Å². The Balaban J connectivity index is 1.34. The second-order valence-corrected chi connectivity index (χ2v) is 9.57. The maximum absolute atomic E-state index is 13.1. The zero-order valence-corrected chi connectivity index (χ0v) is 19.1. The van der Waals surface area contributed by atoms with Crippen molar-refractivity contribution in [2.24, 2.45) is 11.8 Å². The largest absolute Gasteiger partial charge is 0.573 e. The van der Waals surface area contributed by atoms with Crippen LogP contribution < -0.4 is 15.4 Å². The first-order chi connectivity index (χ1) is 16.6. The summed E-state index contributed by atoms with van der Waals surface area (Å²) in [7, 11) is 0. The molecule has 0 bridgehead atoms. The molecule has 3 aliphatic rings. The number of carbonyl (C=O) groups is 3. The average Bonchev–Trinajstić information content (AvgIpc) is 3.74. The summed E-state index contributed by atoms with van der Waals surface area (Å²) in [5, 5.41) is 14.5. The molecule has 0 spiro atoms. The fourth-order valence-corrected chi connectivity index (χ4v) is 4.41. The van der Waals surface area contributed by atoms with E-state index in [0.29, 0.717) is 44.6 Å². The minimum Gasteiger partial charge on any atom is -0.405 e. The lowest BCUT2D eigenvalue weighted by molar-refractivity contribution is -0.274. The molecular formula is C24H27F3N4O4. The van der Waals surface area contributed by atoms with Gasteiger partial charge in [0.15, 0.2) is 0 Å². The van der Waals surface area contributed by atoms with Crippen LogP contribution in [0.1, 0.15) is 56.1 Å². The molecule has 188 valence electrons. The molecule has 1 unspecified atom stereocenters. The van der Waals surface area contributed by atoms with Gasteiger partial charge in [0.05, 0.1) is 17.6 Å². The van der Waals surface area contributed by atoms with Crippen LogP contribution in [0.4, 0.5) is 13.2 Å². The van der Waals surface area contributed by atoms with Gasteiger partial charge in [0, 0.05) is 31.6 Å². The summed E-state index contributed by atoms with van der Waals surface area (Å²) >= 11 is 0. The van der Waals surface area contributed by atoms with Gasteiger partial charge in [-0.15, -0.1) is 13.2 Å². The van der Waals surface area contributed by atoms with Crippen LogP contribution >= 0.6 is 0 Å². The van der Waals surface area contributed by atoms with E-state index < -0.39 is 23.6 Å². The average molecular weight is 492 g/mol. The number of alkyl halides is 3. The monoisotopic (exact) mass is 492 g/mol. The second kappa shape index (κ2) is 9.76. The first-order valence-corrected chi connectivity index (χ1v) is 11.8. The zero-order valence-electron chi connectivity index (χ0n) is 19.1. The molecule has 8 nitrogen and oxygen atoms in total. The highest BCUT2D eigenvalue weighted by Gasteiger charge is 2.53. The lowest BCUT2D eigenvalue weighted by Crippen LogP contribution is -2.54. The van der Waals surface area contributed by atoms with E-state index in [9.17, 15) is 27.6 Å². The van der Waals surface area contributed by atoms with Gasteiger partial charge in [-0.3, -0.25) is 14.4 Å². The van der Waals surface area contributed by atoms with Crippen LogP contribution in [0.2, 0.25) is 0 Å². The number of benzene rings is 1. The van der Waals surface area contributed by atoms with Crippen LogP contribution in [0, 0.1) is 23.2 Å². The number of amides is 3. The van der Waals surface area contributed by atoms with Gasteiger partial charge in [-0.2, -0.15) is 5.26 Å². The van der Waals surface area contributed by atoms with E-state index in [1.807, 2.05) is 0 Å². The van der Waals surface area contributed by atoms with Gasteiger partial charge in [0.2, 0.25) is 17.7 Å². The Morgan fingerprint density at radius 1 is 1.20 bits per heavy atom. The third-order valence-electron chi connectivity index (χ3n) is 6.66. The van der Waals surface area contributed by atoms with Gasteiger partial charge in [-0.1, -0.05) is 6.07 Å². The smallest absolute Gasteiger partial charge is 0.405 e. The maximum Gasteiger partial charge on any atom is 0.573 e. The third kappa shape index (κ3) is 6.44. The van der Waals surface area contributed by atoms with E-state index >= 15 is 0 Å². The van der Waals surface area contributed by atoms with E-state index in [-0.39, 0.29) is 41.9 Å². The number of hydrogen-bond acceptors (Lipinski definition) is 5. The molecule has 2 saturated carbocycles. The summed E-state index contributed by atoms with van der Waals surface area (Å²) in [5.41, 5.74) is -0.788. The van der Waals surface area contributed by atoms with E-state index in [4.69, 9.17) is 5.26 Å². The number of nitriles is 1. The predicted octanol–water partition coefficient (Wildman–Crippen LogP) is 2.76. The van der Waals surface area contributed by atoms with Crippen molar-refractivity contribution in [3.05, 3.63) is 29.3 Å². The lowest BCUT2D eigenvalue weighted by Gasteiger charge is -2.34. The lowest BCUT2D eigenvalue weighted by atomic mass is 9.96. The minimum absolute atomic E-state index is 0.000936. The summed E-state index contributed by atoms with van der Waals surface area (Å²) in [5.74, 6) is -1.31. The van der Waals surface area contributed by atoms with Crippen molar-refractivity contribution >= 4 is 17.7 Å². The fraction of sp³-hybridized carbons (Fsp3) is 0.583. The Kier molecular flexibility index (Phi) is 6.92. The SMILES string of the molecule is N#Cc1ccc(CNC(=O)C2CCCN(C(=O)C3(NC(=O)CC4CC4)CC3)C2)c(OC(F)(F)F)c1. The molecule has 0 radical (unpaired) electrons. The highest BCUT2D eigenvalue weighted by atomic mass is 19.4. The number of nitrogens with one attached hydrogen (secondary N) is 2. The zero-order chi connectivity index (χ0) is 25.2. The van der Waals surface area contributed by atoms with Crippen molar-refractivity contribution in [3.8, 4) is 11.8 Å². The number of likely N-dealkylation sites (tertiary alicyclic amines) is 1. The van der Waals surface area contributed by atoms with Gasteiger partial charge >= 0.3 is 6.36 Å².